The van der Waals surface area contributed by atoms with Gasteiger partial charge in [-0.05, 0) is 35.8 Å². The first-order valence-corrected chi connectivity index (χ1v) is 9.95. The molecule has 0 aliphatic carbocycles. The number of nitrogens with two attached hydrogens (primary N) is 1. The SMILES string of the molecule is N[C@@H](Cc1ccccc1)[C@@H]1C=C(Cc2ccccc2)N(c2ccccc2C(=O)O)O1. The fourth-order valence-corrected chi connectivity index (χ4v) is 3.66. The van der Waals surface area contributed by atoms with Crippen molar-refractivity contribution in [2.24, 2.45) is 5.73 Å². The first-order valence-electron chi connectivity index (χ1n) is 9.95. The van der Waals surface area contributed by atoms with E-state index in [1.54, 1.807) is 23.3 Å². The van der Waals surface area contributed by atoms with Crippen molar-refractivity contribution in [1.82, 2.24) is 0 Å². The molecule has 5 nitrogen and oxygen atoms in total. The smallest absolute Gasteiger partial charge is 0.337 e. The third kappa shape index (κ3) is 4.43. The van der Waals surface area contributed by atoms with Crippen LogP contribution < -0.4 is 10.8 Å². The van der Waals surface area contributed by atoms with Crippen LogP contribution in [0.2, 0.25) is 0 Å². The van der Waals surface area contributed by atoms with E-state index in [4.69, 9.17) is 10.6 Å². The number of hydrogen-bond donors (Lipinski definition) is 2. The monoisotopic (exact) mass is 400 g/mol. The molecule has 0 saturated heterocycles. The van der Waals surface area contributed by atoms with Crippen LogP contribution in [-0.4, -0.2) is 23.2 Å². The van der Waals surface area contributed by atoms with E-state index >= 15 is 0 Å². The van der Waals surface area contributed by atoms with Gasteiger partial charge in [0.05, 0.1) is 16.9 Å². The van der Waals surface area contributed by atoms with E-state index in [-0.39, 0.29) is 17.7 Å². The van der Waals surface area contributed by atoms with E-state index in [0.29, 0.717) is 18.5 Å². The lowest BCUT2D eigenvalue weighted by Gasteiger charge is -2.25. The van der Waals surface area contributed by atoms with Gasteiger partial charge in [-0.15, -0.1) is 0 Å². The summed E-state index contributed by atoms with van der Waals surface area (Å²) in [6.45, 7) is 0. The molecule has 0 amide bonds. The number of nitrogens with zero attached hydrogens (tertiary/aromatic N) is 1. The second-order valence-electron chi connectivity index (χ2n) is 7.36. The van der Waals surface area contributed by atoms with Crippen LogP contribution in [0.4, 0.5) is 5.69 Å². The molecule has 0 unspecified atom stereocenters. The van der Waals surface area contributed by atoms with Crippen molar-refractivity contribution in [3.63, 3.8) is 0 Å². The summed E-state index contributed by atoms with van der Waals surface area (Å²) in [7, 11) is 0. The van der Waals surface area contributed by atoms with Crippen LogP contribution in [0.15, 0.2) is 96.7 Å². The summed E-state index contributed by atoms with van der Waals surface area (Å²) in [6.07, 6.45) is 2.93. The van der Waals surface area contributed by atoms with Gasteiger partial charge < -0.3 is 10.8 Å². The van der Waals surface area contributed by atoms with Crippen LogP contribution >= 0.6 is 0 Å². The van der Waals surface area contributed by atoms with Crippen LogP contribution in [0, 0.1) is 0 Å². The quantitative estimate of drug-likeness (QED) is 0.622. The zero-order valence-corrected chi connectivity index (χ0v) is 16.5. The Bertz CT molecular complexity index is 1030. The van der Waals surface area contributed by atoms with E-state index < -0.39 is 5.97 Å². The average molecular weight is 400 g/mol. The standard InChI is InChI=1S/C25H24N2O3/c26-22(16-19-11-5-2-6-12-19)24-17-20(15-18-9-3-1-4-10-18)27(30-24)23-14-8-7-13-21(23)25(28)29/h1-14,17,22,24H,15-16,26H2,(H,28,29)/t22-,24-/m0/s1. The Morgan fingerprint density at radius 3 is 2.20 bits per heavy atom. The number of anilines is 1. The Morgan fingerprint density at radius 1 is 0.933 bits per heavy atom. The van der Waals surface area contributed by atoms with Gasteiger partial charge in [-0.25, -0.2) is 9.86 Å². The molecule has 1 aliphatic heterocycles. The highest BCUT2D eigenvalue weighted by Gasteiger charge is 2.32. The first kappa shape index (κ1) is 19.9. The van der Waals surface area contributed by atoms with Gasteiger partial charge in [0.2, 0.25) is 0 Å². The molecule has 30 heavy (non-hydrogen) atoms. The summed E-state index contributed by atoms with van der Waals surface area (Å²) in [5, 5.41) is 11.3. The van der Waals surface area contributed by atoms with E-state index in [2.05, 4.69) is 0 Å². The van der Waals surface area contributed by atoms with Crippen LogP contribution in [0.25, 0.3) is 0 Å². The molecule has 1 heterocycles. The molecule has 1 aliphatic rings. The molecule has 4 rings (SSSR count). The number of carboxylic acids is 1. The zero-order valence-electron chi connectivity index (χ0n) is 16.5. The predicted octanol–water partition coefficient (Wildman–Crippen LogP) is 4.20. The normalized spacial score (nSPS) is 16.9. The van der Waals surface area contributed by atoms with Crippen LogP contribution in [-0.2, 0) is 17.7 Å². The fourth-order valence-electron chi connectivity index (χ4n) is 3.66. The van der Waals surface area contributed by atoms with Crippen LogP contribution in [0.5, 0.6) is 0 Å². The molecule has 0 saturated carbocycles. The van der Waals surface area contributed by atoms with Crippen molar-refractivity contribution in [3.05, 3.63) is 113 Å². The Labute approximate surface area is 176 Å². The number of allylic oxidation sites excluding steroid dienone is 1. The summed E-state index contributed by atoms with van der Waals surface area (Å²) in [4.78, 5) is 18.0. The van der Waals surface area contributed by atoms with Crippen molar-refractivity contribution >= 4 is 11.7 Å². The largest absolute Gasteiger partial charge is 0.478 e. The minimum Gasteiger partial charge on any atom is -0.478 e. The maximum Gasteiger partial charge on any atom is 0.337 e. The molecule has 3 aromatic carbocycles. The van der Waals surface area contributed by atoms with E-state index in [1.165, 1.54) is 0 Å². The molecule has 152 valence electrons. The number of hydroxylamine groups is 1. The molecule has 0 radical (unpaired) electrons. The van der Waals surface area contributed by atoms with Gasteiger partial charge >= 0.3 is 5.97 Å². The Hall–Kier alpha value is -3.41. The number of carboxylic acid groups (broad SMARTS) is 1. The number of aromatic carboxylic acids is 1. The fraction of sp³-hybridized carbons (Fsp3) is 0.160. The third-order valence-corrected chi connectivity index (χ3v) is 5.16. The summed E-state index contributed by atoms with van der Waals surface area (Å²) >= 11 is 0. The average Bonchev–Trinajstić information content (AvgIpc) is 3.19. The van der Waals surface area contributed by atoms with Gasteiger partial charge in [-0.1, -0.05) is 72.8 Å². The lowest BCUT2D eigenvalue weighted by Crippen LogP contribution is -2.38. The van der Waals surface area contributed by atoms with Crippen molar-refractivity contribution in [2.45, 2.75) is 25.0 Å². The number of rotatable bonds is 7. The molecular weight excluding hydrogens is 376 g/mol. The highest BCUT2D eigenvalue weighted by atomic mass is 16.7. The minimum absolute atomic E-state index is 0.189. The van der Waals surface area contributed by atoms with Gasteiger partial charge in [0.15, 0.2) is 0 Å². The summed E-state index contributed by atoms with van der Waals surface area (Å²) < 4.78 is 0. The Morgan fingerprint density at radius 2 is 1.53 bits per heavy atom. The van der Waals surface area contributed by atoms with Crippen molar-refractivity contribution in [1.29, 1.82) is 0 Å². The molecule has 0 spiro atoms. The minimum atomic E-state index is -0.995. The Kier molecular flexibility index (Phi) is 5.93. The van der Waals surface area contributed by atoms with Crippen molar-refractivity contribution in [3.8, 4) is 0 Å². The number of para-hydroxylation sites is 1. The van der Waals surface area contributed by atoms with Crippen molar-refractivity contribution < 1.29 is 14.7 Å². The lowest BCUT2D eigenvalue weighted by atomic mass is 10.0. The molecule has 2 atom stereocenters. The molecule has 0 aromatic heterocycles. The van der Waals surface area contributed by atoms with Gasteiger partial charge in [0, 0.05) is 12.5 Å². The summed E-state index contributed by atoms with van der Waals surface area (Å²) in [5.74, 6) is -0.995. The summed E-state index contributed by atoms with van der Waals surface area (Å²) in [6, 6.07) is 26.7. The summed E-state index contributed by atoms with van der Waals surface area (Å²) in [5.41, 5.74) is 10.3. The number of carbonyl (C=O) groups is 1. The van der Waals surface area contributed by atoms with Gasteiger partial charge in [0.25, 0.3) is 0 Å². The second kappa shape index (κ2) is 8.95. The van der Waals surface area contributed by atoms with E-state index in [9.17, 15) is 9.90 Å². The third-order valence-electron chi connectivity index (χ3n) is 5.16. The van der Waals surface area contributed by atoms with Crippen LogP contribution in [0.1, 0.15) is 21.5 Å². The van der Waals surface area contributed by atoms with Crippen molar-refractivity contribution in [2.75, 3.05) is 5.06 Å². The first-order chi connectivity index (χ1) is 14.6. The second-order valence-corrected chi connectivity index (χ2v) is 7.36. The Balaban J connectivity index is 1.63. The number of hydrogen-bond acceptors (Lipinski definition) is 4. The molecule has 0 fully saturated rings. The zero-order chi connectivity index (χ0) is 20.9. The van der Waals surface area contributed by atoms with E-state index in [0.717, 1.165) is 16.8 Å². The highest BCUT2D eigenvalue weighted by molar-refractivity contribution is 5.94. The topological polar surface area (TPSA) is 75.8 Å². The van der Waals surface area contributed by atoms with E-state index in [1.807, 2.05) is 72.8 Å². The van der Waals surface area contributed by atoms with Crippen LogP contribution in [0.3, 0.4) is 0 Å². The van der Waals surface area contributed by atoms with Gasteiger partial charge in [-0.2, -0.15) is 0 Å². The maximum atomic E-state index is 11.8. The maximum absolute atomic E-state index is 11.8. The molecule has 3 aromatic rings. The van der Waals surface area contributed by atoms with Gasteiger partial charge in [0.1, 0.15) is 6.10 Å². The van der Waals surface area contributed by atoms with Gasteiger partial charge in [-0.3, -0.25) is 4.84 Å². The lowest BCUT2D eigenvalue weighted by molar-refractivity contribution is 0.0676. The molecule has 5 heteroatoms. The molecule has 3 N–H and O–H groups in total. The highest BCUT2D eigenvalue weighted by Crippen LogP contribution is 2.32. The molecular formula is C25H24N2O3. The predicted molar refractivity (Wildman–Crippen MR) is 117 cm³/mol. The molecule has 0 bridgehead atoms. The number of benzene rings is 3.